The van der Waals surface area contributed by atoms with E-state index in [-0.39, 0.29) is 33.9 Å². The average Bonchev–Trinajstić information content (AvgIpc) is 2.90. The second kappa shape index (κ2) is 10.6. The quantitative estimate of drug-likeness (QED) is 0.288. The minimum absolute atomic E-state index is 0.0644. The number of aromatic carboxylic acids is 1. The highest BCUT2D eigenvalue weighted by atomic mass is 32.2. The van der Waals surface area contributed by atoms with Gasteiger partial charge >= 0.3 is 11.9 Å². The summed E-state index contributed by atoms with van der Waals surface area (Å²) in [7, 11) is -0.673. The van der Waals surface area contributed by atoms with Gasteiger partial charge in [0.15, 0.2) is 0 Å². The van der Waals surface area contributed by atoms with Crippen LogP contribution in [0.5, 0.6) is 5.75 Å². The average molecular weight is 536 g/mol. The molecule has 0 aliphatic rings. The topological polar surface area (TPSA) is 141 Å². The van der Waals surface area contributed by atoms with Gasteiger partial charge < -0.3 is 20.1 Å². The molecule has 4 aromatic carbocycles. The van der Waals surface area contributed by atoms with Gasteiger partial charge in [-0.3, -0.25) is 0 Å². The largest absolute Gasteiger partial charge is 0.508 e. The number of aliphatic hydroxyl groups excluding tert-OH is 1. The summed E-state index contributed by atoms with van der Waals surface area (Å²) in [6.07, 6.45) is -1.22. The molecule has 0 saturated carbocycles. The Morgan fingerprint density at radius 1 is 0.868 bits per heavy atom. The first kappa shape index (κ1) is 26.8. The zero-order chi connectivity index (χ0) is 27.6. The summed E-state index contributed by atoms with van der Waals surface area (Å²) in [5.74, 6) is -1.84. The molecule has 1 atom stereocenters. The molecular formula is C28H25NO8S. The second-order valence-electron chi connectivity index (χ2n) is 8.81. The molecule has 196 valence electrons. The van der Waals surface area contributed by atoms with E-state index in [9.17, 15) is 28.2 Å². The predicted molar refractivity (Wildman–Crippen MR) is 140 cm³/mol. The van der Waals surface area contributed by atoms with Crippen LogP contribution in [0, 0.1) is 0 Å². The first-order chi connectivity index (χ1) is 18.0. The molecule has 4 aromatic rings. The van der Waals surface area contributed by atoms with Gasteiger partial charge in [0.05, 0.1) is 16.0 Å². The molecule has 3 N–H and O–H groups in total. The number of hydrogen-bond donors (Lipinski definition) is 3. The third-order valence-electron chi connectivity index (χ3n) is 6.06. The highest BCUT2D eigenvalue weighted by molar-refractivity contribution is 7.89. The first-order valence-electron chi connectivity index (χ1n) is 11.4. The van der Waals surface area contributed by atoms with Crippen molar-refractivity contribution < 1.29 is 38.1 Å². The molecule has 0 bridgehead atoms. The van der Waals surface area contributed by atoms with E-state index < -0.39 is 28.1 Å². The fourth-order valence-electron chi connectivity index (χ4n) is 3.84. The van der Waals surface area contributed by atoms with Crippen molar-refractivity contribution in [3.63, 3.8) is 0 Å². The summed E-state index contributed by atoms with van der Waals surface area (Å²) < 4.78 is 30.9. The summed E-state index contributed by atoms with van der Waals surface area (Å²) >= 11 is 0. The van der Waals surface area contributed by atoms with Crippen LogP contribution >= 0.6 is 0 Å². The first-order valence-corrected chi connectivity index (χ1v) is 12.9. The van der Waals surface area contributed by atoms with Crippen molar-refractivity contribution in [2.45, 2.75) is 17.6 Å². The maximum absolute atomic E-state index is 12.7. The zero-order valence-electron chi connectivity index (χ0n) is 20.5. The van der Waals surface area contributed by atoms with E-state index >= 15 is 0 Å². The lowest BCUT2D eigenvalue weighted by Crippen LogP contribution is -2.22. The molecule has 4 rings (SSSR count). The maximum atomic E-state index is 12.7. The van der Waals surface area contributed by atoms with Crippen LogP contribution in [0.1, 0.15) is 43.5 Å². The number of aliphatic hydroxyl groups is 1. The van der Waals surface area contributed by atoms with E-state index in [0.29, 0.717) is 21.9 Å². The Hall–Kier alpha value is -4.25. The zero-order valence-corrected chi connectivity index (χ0v) is 21.3. The smallest absolute Gasteiger partial charge is 0.338 e. The van der Waals surface area contributed by atoms with Gasteiger partial charge in [-0.05, 0) is 70.4 Å². The molecule has 0 saturated heterocycles. The van der Waals surface area contributed by atoms with E-state index in [1.807, 2.05) is 0 Å². The van der Waals surface area contributed by atoms with Gasteiger partial charge in [0, 0.05) is 19.7 Å². The van der Waals surface area contributed by atoms with Crippen molar-refractivity contribution in [3.8, 4) is 5.75 Å². The Kier molecular flexibility index (Phi) is 7.49. The molecular weight excluding hydrogens is 510 g/mol. The van der Waals surface area contributed by atoms with Crippen LogP contribution < -0.4 is 0 Å². The number of aromatic hydroxyl groups is 1. The number of hydrogen-bond acceptors (Lipinski definition) is 7. The summed E-state index contributed by atoms with van der Waals surface area (Å²) in [5.41, 5.74) is 1.52. The lowest BCUT2D eigenvalue weighted by molar-refractivity contribution is 0.0472. The van der Waals surface area contributed by atoms with Gasteiger partial charge in [0.2, 0.25) is 10.0 Å². The van der Waals surface area contributed by atoms with Gasteiger partial charge in [0.25, 0.3) is 0 Å². The fraction of sp³-hybridized carbons (Fsp3) is 0.143. The number of ether oxygens (including phenoxy) is 1. The number of carboxylic acid groups (broad SMARTS) is 1. The number of benzene rings is 4. The highest BCUT2D eigenvalue weighted by Gasteiger charge is 2.19. The molecule has 0 aliphatic heterocycles. The monoisotopic (exact) mass is 535 g/mol. The van der Waals surface area contributed by atoms with Gasteiger partial charge in [-0.25, -0.2) is 22.3 Å². The van der Waals surface area contributed by atoms with Gasteiger partial charge in [-0.2, -0.15) is 0 Å². The molecule has 0 heterocycles. The number of phenolic OH excluding ortho intramolecular Hbond substituents is 1. The Morgan fingerprint density at radius 2 is 1.50 bits per heavy atom. The second-order valence-corrected chi connectivity index (χ2v) is 11.0. The third kappa shape index (κ3) is 5.52. The van der Waals surface area contributed by atoms with Crippen molar-refractivity contribution in [3.05, 3.63) is 107 Å². The fourth-order valence-corrected chi connectivity index (χ4v) is 4.74. The normalized spacial score (nSPS) is 12.4. The number of carboxylic acids is 1. The van der Waals surface area contributed by atoms with Crippen molar-refractivity contribution >= 4 is 32.7 Å². The van der Waals surface area contributed by atoms with Crippen LogP contribution in [0.4, 0.5) is 0 Å². The minimum Gasteiger partial charge on any atom is -0.508 e. The van der Waals surface area contributed by atoms with Crippen molar-refractivity contribution in [2.24, 2.45) is 0 Å². The van der Waals surface area contributed by atoms with E-state index in [1.165, 1.54) is 56.6 Å². The highest BCUT2D eigenvalue weighted by Crippen LogP contribution is 2.33. The van der Waals surface area contributed by atoms with Crippen molar-refractivity contribution in [1.29, 1.82) is 0 Å². The number of carbonyl (C=O) groups is 2. The third-order valence-corrected chi connectivity index (χ3v) is 7.89. The molecule has 0 fully saturated rings. The Bertz CT molecular complexity index is 1610. The van der Waals surface area contributed by atoms with Crippen LogP contribution in [0.2, 0.25) is 0 Å². The van der Waals surface area contributed by atoms with E-state index in [4.69, 9.17) is 9.84 Å². The number of nitrogens with zero attached hydrogens (tertiary/aromatic N) is 1. The molecule has 10 heteroatoms. The van der Waals surface area contributed by atoms with E-state index in [2.05, 4.69) is 0 Å². The van der Waals surface area contributed by atoms with Crippen LogP contribution in [0.25, 0.3) is 10.8 Å². The van der Waals surface area contributed by atoms with Gasteiger partial charge in [-0.15, -0.1) is 0 Å². The maximum Gasteiger partial charge on any atom is 0.338 e. The molecule has 0 spiro atoms. The van der Waals surface area contributed by atoms with Crippen LogP contribution in [-0.2, 0) is 21.4 Å². The number of fused-ring (bicyclic) bond motifs is 1. The number of phenols is 1. The molecule has 1 unspecified atom stereocenters. The molecule has 38 heavy (non-hydrogen) atoms. The Morgan fingerprint density at radius 3 is 2.11 bits per heavy atom. The molecule has 0 aliphatic carbocycles. The SMILES string of the molecule is CN(C)S(=O)(=O)c1ccc(COC(=O)c2ccc3cc(O)c(C(O)c4ccc(C(=O)O)cc4)cc3c2)cc1. The van der Waals surface area contributed by atoms with Crippen molar-refractivity contribution in [2.75, 3.05) is 14.1 Å². The number of sulfonamides is 1. The van der Waals surface area contributed by atoms with Crippen molar-refractivity contribution in [1.82, 2.24) is 4.31 Å². The molecule has 0 radical (unpaired) electrons. The molecule has 9 nitrogen and oxygen atoms in total. The summed E-state index contributed by atoms with van der Waals surface area (Å²) in [6.45, 7) is -0.0644. The summed E-state index contributed by atoms with van der Waals surface area (Å²) in [6, 6.07) is 19.5. The standard InChI is InChI=1S/C28H25NO8S/c1-29(2)38(35,36)23-11-3-17(4-12-23)16-37-28(34)21-10-9-20-15-25(30)24(14-22(20)13-21)26(31)18-5-7-19(8-6-18)27(32)33/h3-15,26,30-31H,16H2,1-2H3,(H,32,33). The van der Waals surface area contributed by atoms with Crippen LogP contribution in [0.15, 0.2) is 83.8 Å². The number of rotatable bonds is 8. The molecule has 0 aromatic heterocycles. The predicted octanol–water partition coefficient (Wildman–Crippen LogP) is 3.93. The minimum atomic E-state index is -3.56. The van der Waals surface area contributed by atoms with Crippen LogP contribution in [0.3, 0.4) is 0 Å². The summed E-state index contributed by atoms with van der Waals surface area (Å²) in [5, 5.41) is 31.6. The summed E-state index contributed by atoms with van der Waals surface area (Å²) in [4.78, 5) is 23.9. The van der Waals surface area contributed by atoms with Gasteiger partial charge in [0.1, 0.15) is 18.5 Å². The Labute approximate surface area is 219 Å². The lowest BCUT2D eigenvalue weighted by atomic mass is 9.96. The Balaban J connectivity index is 1.52. The van der Waals surface area contributed by atoms with E-state index in [0.717, 1.165) is 4.31 Å². The van der Waals surface area contributed by atoms with Gasteiger partial charge in [-0.1, -0.05) is 30.3 Å². The van der Waals surface area contributed by atoms with E-state index in [1.54, 1.807) is 36.4 Å². The lowest BCUT2D eigenvalue weighted by Gasteiger charge is -2.15. The molecule has 0 amide bonds. The number of carbonyl (C=O) groups excluding carboxylic acids is 1. The van der Waals surface area contributed by atoms with Crippen LogP contribution in [-0.4, -0.2) is 54.1 Å². The number of esters is 1.